The Bertz CT molecular complexity index is 779. The summed E-state index contributed by atoms with van der Waals surface area (Å²) >= 11 is 2.71. The molecule has 0 saturated heterocycles. The van der Waals surface area contributed by atoms with E-state index in [1.54, 1.807) is 20.8 Å². The van der Waals surface area contributed by atoms with E-state index in [2.05, 4.69) is 31.4 Å². The third-order valence-corrected chi connectivity index (χ3v) is 4.31. The second-order valence-electron chi connectivity index (χ2n) is 5.60. The lowest BCUT2D eigenvalue weighted by molar-refractivity contribution is -0.138. The highest BCUT2D eigenvalue weighted by Gasteiger charge is 2.44. The number of fused-ring (bicyclic) bond motifs is 3. The van der Waals surface area contributed by atoms with Crippen molar-refractivity contribution in [2.24, 2.45) is 0 Å². The van der Waals surface area contributed by atoms with Gasteiger partial charge >= 0.3 is 6.18 Å². The third kappa shape index (κ3) is 2.02. The maximum Gasteiger partial charge on any atom is 0.419 e. The van der Waals surface area contributed by atoms with Gasteiger partial charge in [-0.25, -0.2) is 4.39 Å². The Morgan fingerprint density at radius 3 is 2.50 bits per heavy atom. The predicted octanol–water partition coefficient (Wildman–Crippen LogP) is 4.16. The summed E-state index contributed by atoms with van der Waals surface area (Å²) in [4.78, 5) is 0. The van der Waals surface area contributed by atoms with Gasteiger partial charge in [0.25, 0.3) is 0 Å². The molecule has 3 rings (SSSR count). The zero-order chi connectivity index (χ0) is 16.4. The smallest absolute Gasteiger partial charge is 0.371 e. The molecule has 1 aliphatic heterocycles. The fourth-order valence-electron chi connectivity index (χ4n) is 2.63. The molecular weight excluding hydrogens is 368 g/mol. The van der Waals surface area contributed by atoms with Crippen LogP contribution in [0.15, 0.2) is 10.5 Å². The van der Waals surface area contributed by atoms with Gasteiger partial charge in [0.15, 0.2) is 5.82 Å². The first-order chi connectivity index (χ1) is 10.0. The summed E-state index contributed by atoms with van der Waals surface area (Å²) in [6, 6.07) is 1.04. The number of nitrogens with zero attached hydrogens (tertiary/aromatic N) is 3. The number of rotatable bonds is 0. The highest BCUT2D eigenvalue weighted by Crippen LogP contribution is 2.47. The lowest BCUT2D eigenvalue weighted by Crippen LogP contribution is -2.37. The van der Waals surface area contributed by atoms with Crippen LogP contribution in [-0.2, 0) is 11.7 Å². The largest absolute Gasteiger partial charge is 0.419 e. The Morgan fingerprint density at radius 2 is 1.91 bits per heavy atom. The van der Waals surface area contributed by atoms with Crippen LogP contribution >= 0.6 is 15.9 Å². The number of benzene rings is 1. The molecule has 0 atom stereocenters. The van der Waals surface area contributed by atoms with Gasteiger partial charge in [-0.1, -0.05) is 0 Å². The van der Waals surface area contributed by atoms with Gasteiger partial charge in [0.2, 0.25) is 0 Å². The molecule has 0 unspecified atom stereocenters. The number of hydrogen-bond acceptors (Lipinski definition) is 3. The number of aryl methyl sites for hydroxylation is 1. The first-order valence-electron chi connectivity index (χ1n) is 6.34. The Morgan fingerprint density at radius 1 is 1.27 bits per heavy atom. The molecule has 22 heavy (non-hydrogen) atoms. The Hall–Kier alpha value is -1.64. The summed E-state index contributed by atoms with van der Waals surface area (Å²) in [6.07, 6.45) is -4.73. The van der Waals surface area contributed by atoms with Gasteiger partial charge < -0.3 is 5.32 Å². The lowest BCUT2D eigenvalue weighted by Gasteiger charge is -2.35. The normalized spacial score (nSPS) is 16.0. The quantitative estimate of drug-likeness (QED) is 0.700. The average molecular weight is 379 g/mol. The van der Waals surface area contributed by atoms with E-state index in [4.69, 9.17) is 0 Å². The van der Waals surface area contributed by atoms with Crippen molar-refractivity contribution in [3.8, 4) is 5.69 Å². The van der Waals surface area contributed by atoms with Gasteiger partial charge in [0.05, 0.1) is 26.9 Å². The van der Waals surface area contributed by atoms with E-state index in [0.29, 0.717) is 11.6 Å². The fraction of sp³-hybridized carbons (Fsp3) is 0.385. The van der Waals surface area contributed by atoms with E-state index in [0.717, 1.165) is 6.07 Å². The molecule has 0 saturated carbocycles. The first-order valence-corrected chi connectivity index (χ1v) is 7.13. The van der Waals surface area contributed by atoms with Crippen molar-refractivity contribution < 1.29 is 17.6 Å². The third-order valence-electron chi connectivity index (χ3n) is 3.53. The Balaban J connectivity index is 2.47. The molecule has 1 aromatic carbocycles. The molecule has 4 nitrogen and oxygen atoms in total. The summed E-state index contributed by atoms with van der Waals surface area (Å²) in [5.41, 5.74) is -2.02. The van der Waals surface area contributed by atoms with Crippen molar-refractivity contribution in [3.63, 3.8) is 0 Å². The van der Waals surface area contributed by atoms with E-state index in [1.165, 1.54) is 4.57 Å². The zero-order valence-electron chi connectivity index (χ0n) is 11.8. The molecule has 1 N–H and O–H groups in total. The van der Waals surface area contributed by atoms with Crippen molar-refractivity contribution >= 4 is 21.6 Å². The van der Waals surface area contributed by atoms with Crippen LogP contribution < -0.4 is 5.32 Å². The number of halogens is 5. The minimum Gasteiger partial charge on any atom is -0.371 e. The SMILES string of the molecule is Cc1nnc2n1-c1c(cc(F)c(Br)c1C(F)(F)F)NC2(C)C. The number of aromatic nitrogens is 3. The van der Waals surface area contributed by atoms with Crippen molar-refractivity contribution in [1.29, 1.82) is 0 Å². The van der Waals surface area contributed by atoms with E-state index in [-0.39, 0.29) is 11.4 Å². The molecule has 9 heteroatoms. The molecule has 1 aromatic heterocycles. The van der Waals surface area contributed by atoms with Gasteiger partial charge in [0.1, 0.15) is 11.6 Å². The monoisotopic (exact) mass is 378 g/mol. The molecule has 1 aliphatic rings. The minimum atomic E-state index is -4.73. The number of anilines is 1. The maximum atomic E-state index is 13.9. The second-order valence-corrected chi connectivity index (χ2v) is 6.39. The maximum absolute atomic E-state index is 13.9. The van der Waals surface area contributed by atoms with Crippen LogP contribution in [0.3, 0.4) is 0 Å². The molecule has 0 radical (unpaired) electrons. The lowest BCUT2D eigenvalue weighted by atomic mass is 9.98. The molecule has 0 fully saturated rings. The number of nitrogens with one attached hydrogen (secondary N) is 1. The molecular formula is C13H11BrF4N4. The molecule has 118 valence electrons. The van der Waals surface area contributed by atoms with Crippen LogP contribution in [0.1, 0.15) is 31.1 Å². The Labute approximate surface area is 131 Å². The summed E-state index contributed by atoms with van der Waals surface area (Å²) in [6.45, 7) is 5.03. The average Bonchev–Trinajstić information content (AvgIpc) is 2.73. The van der Waals surface area contributed by atoms with Crippen molar-refractivity contribution in [1.82, 2.24) is 14.8 Å². The zero-order valence-corrected chi connectivity index (χ0v) is 13.4. The van der Waals surface area contributed by atoms with Crippen molar-refractivity contribution in [2.45, 2.75) is 32.5 Å². The van der Waals surface area contributed by atoms with E-state index >= 15 is 0 Å². The molecule has 2 aromatic rings. The fourth-order valence-corrected chi connectivity index (χ4v) is 3.16. The van der Waals surface area contributed by atoms with E-state index in [9.17, 15) is 17.6 Å². The van der Waals surface area contributed by atoms with Gasteiger partial charge in [-0.2, -0.15) is 13.2 Å². The number of alkyl halides is 3. The van der Waals surface area contributed by atoms with E-state index < -0.39 is 27.6 Å². The standard InChI is InChI=1S/C13H11BrF4N4/c1-5-20-21-11-12(2,3)19-7-4-6(15)9(14)8(13(16,17)18)10(7)22(5)11/h4,19H,1-3H3. The van der Waals surface area contributed by atoms with Gasteiger partial charge in [-0.15, -0.1) is 10.2 Å². The molecule has 0 bridgehead atoms. The highest BCUT2D eigenvalue weighted by atomic mass is 79.9. The minimum absolute atomic E-state index is 0.0495. The predicted molar refractivity (Wildman–Crippen MR) is 75.4 cm³/mol. The second kappa shape index (κ2) is 4.43. The van der Waals surface area contributed by atoms with Crippen LogP contribution in [0.25, 0.3) is 5.69 Å². The molecule has 0 spiro atoms. The summed E-state index contributed by atoms with van der Waals surface area (Å²) in [7, 11) is 0. The number of hydrogen-bond donors (Lipinski definition) is 1. The molecule has 0 amide bonds. The van der Waals surface area contributed by atoms with Crippen LogP contribution in [-0.4, -0.2) is 14.8 Å². The van der Waals surface area contributed by atoms with Crippen LogP contribution in [0.5, 0.6) is 0 Å². The Kier molecular flexibility index (Phi) is 3.08. The van der Waals surface area contributed by atoms with Gasteiger partial charge in [-0.3, -0.25) is 4.57 Å². The van der Waals surface area contributed by atoms with Crippen LogP contribution in [0.4, 0.5) is 23.2 Å². The van der Waals surface area contributed by atoms with Gasteiger partial charge in [-0.05, 0) is 36.7 Å². The van der Waals surface area contributed by atoms with Crippen LogP contribution in [0.2, 0.25) is 0 Å². The van der Waals surface area contributed by atoms with Gasteiger partial charge in [0, 0.05) is 6.07 Å². The van der Waals surface area contributed by atoms with Crippen molar-refractivity contribution in [3.05, 3.63) is 33.6 Å². The van der Waals surface area contributed by atoms with Crippen molar-refractivity contribution in [2.75, 3.05) is 5.32 Å². The summed E-state index contributed by atoms with van der Waals surface area (Å²) < 4.78 is 55.0. The summed E-state index contributed by atoms with van der Waals surface area (Å²) in [5, 5.41) is 10.7. The molecule has 0 aliphatic carbocycles. The molecule has 2 heterocycles. The van der Waals surface area contributed by atoms with Crippen LogP contribution in [0, 0.1) is 12.7 Å². The highest BCUT2D eigenvalue weighted by molar-refractivity contribution is 9.10. The first kappa shape index (κ1) is 15.3. The topological polar surface area (TPSA) is 42.7 Å². The van der Waals surface area contributed by atoms with E-state index in [1.807, 2.05) is 0 Å². The summed E-state index contributed by atoms with van der Waals surface area (Å²) in [5.74, 6) is -0.347.